The molecule has 0 saturated heterocycles. The van der Waals surface area contributed by atoms with E-state index in [9.17, 15) is 8.42 Å². The van der Waals surface area contributed by atoms with Gasteiger partial charge in [-0.05, 0) is 55.2 Å². The first kappa shape index (κ1) is 18.5. The number of hydrogen-bond acceptors (Lipinski definition) is 2. The van der Waals surface area contributed by atoms with Crippen LogP contribution in [0.5, 0.6) is 0 Å². The van der Waals surface area contributed by atoms with Gasteiger partial charge in [0.25, 0.3) is 10.0 Å². The average molecular weight is 444 g/mol. The molecule has 0 radical (unpaired) electrons. The monoisotopic (exact) mass is 443 g/mol. The fraction of sp³-hybridized carbons (Fsp3) is 0.273. The van der Waals surface area contributed by atoms with Crippen LogP contribution in [0.2, 0.25) is 0 Å². The molecule has 1 saturated carbocycles. The molecule has 1 aliphatic carbocycles. The van der Waals surface area contributed by atoms with Crippen molar-refractivity contribution in [2.45, 2.75) is 42.9 Å². The van der Waals surface area contributed by atoms with Gasteiger partial charge >= 0.3 is 0 Å². The molecule has 0 spiro atoms. The number of aryl methyl sites for hydroxylation is 1. The van der Waals surface area contributed by atoms with Gasteiger partial charge in [-0.15, -0.1) is 0 Å². The van der Waals surface area contributed by atoms with Gasteiger partial charge < -0.3 is 0 Å². The summed E-state index contributed by atoms with van der Waals surface area (Å²) in [4.78, 5) is 0.316. The van der Waals surface area contributed by atoms with Crippen molar-refractivity contribution in [3.8, 4) is 0 Å². The molecule has 3 nitrogen and oxygen atoms in total. The van der Waals surface area contributed by atoms with Gasteiger partial charge in [0.05, 0.1) is 4.90 Å². The second-order valence-electron chi connectivity index (χ2n) is 7.32. The molecule has 4 rings (SSSR count). The fourth-order valence-electron chi connectivity index (χ4n) is 4.18. The Balaban J connectivity index is 1.79. The Morgan fingerprint density at radius 1 is 0.963 bits per heavy atom. The zero-order chi connectivity index (χ0) is 19.1. The van der Waals surface area contributed by atoms with Crippen LogP contribution in [0.3, 0.4) is 0 Å². The summed E-state index contributed by atoms with van der Waals surface area (Å²) in [5.41, 5.74) is 3.23. The number of nitrogens with zero attached hydrogens (tertiary/aromatic N) is 1. The number of hydrogen-bond donors (Lipinski definition) is 0. The minimum Gasteiger partial charge on any atom is -0.249 e. The van der Waals surface area contributed by atoms with E-state index in [0.717, 1.165) is 41.3 Å². The van der Waals surface area contributed by atoms with Gasteiger partial charge in [0, 0.05) is 22.3 Å². The number of rotatable bonds is 4. The molecule has 3 aromatic rings. The van der Waals surface area contributed by atoms with Gasteiger partial charge in [-0.2, -0.15) is 0 Å². The van der Waals surface area contributed by atoms with Gasteiger partial charge in [-0.25, -0.2) is 12.4 Å². The van der Waals surface area contributed by atoms with E-state index in [0.29, 0.717) is 4.90 Å². The summed E-state index contributed by atoms with van der Waals surface area (Å²) in [7, 11) is -3.58. The van der Waals surface area contributed by atoms with Crippen LogP contribution in [0, 0.1) is 6.92 Å². The molecule has 0 amide bonds. The summed E-state index contributed by atoms with van der Waals surface area (Å²) in [5.74, 6) is 0. The normalized spacial score (nSPS) is 16.5. The topological polar surface area (TPSA) is 39.1 Å². The van der Waals surface area contributed by atoms with E-state index >= 15 is 0 Å². The van der Waals surface area contributed by atoms with Crippen LogP contribution >= 0.6 is 15.9 Å². The summed E-state index contributed by atoms with van der Waals surface area (Å²) < 4.78 is 28.5. The molecule has 1 heterocycles. The molecule has 0 aliphatic heterocycles. The van der Waals surface area contributed by atoms with Gasteiger partial charge in [0.2, 0.25) is 0 Å². The van der Waals surface area contributed by atoms with E-state index in [1.807, 2.05) is 31.2 Å². The predicted molar refractivity (Wildman–Crippen MR) is 112 cm³/mol. The fourth-order valence-corrected chi connectivity index (χ4v) is 6.04. The Hall–Kier alpha value is -1.85. The van der Waals surface area contributed by atoms with Crippen molar-refractivity contribution in [1.82, 2.24) is 3.97 Å². The zero-order valence-corrected chi connectivity index (χ0v) is 17.6. The lowest BCUT2D eigenvalue weighted by Gasteiger charge is -2.30. The quantitative estimate of drug-likeness (QED) is 0.521. The SMILES string of the molecule is Cc1ccc(S(=O)(=O)n2ccc(C3(c4ccccc4Br)CCCC3)c2)cc1. The summed E-state index contributed by atoms with van der Waals surface area (Å²) in [6, 6.07) is 17.3. The van der Waals surface area contributed by atoms with Crippen molar-refractivity contribution in [3.63, 3.8) is 0 Å². The van der Waals surface area contributed by atoms with Crippen LogP contribution in [0.4, 0.5) is 0 Å². The first-order valence-corrected chi connectivity index (χ1v) is 11.4. The summed E-state index contributed by atoms with van der Waals surface area (Å²) >= 11 is 3.70. The Morgan fingerprint density at radius 3 is 2.30 bits per heavy atom. The van der Waals surface area contributed by atoms with E-state index in [2.05, 4.69) is 34.1 Å². The van der Waals surface area contributed by atoms with Crippen LogP contribution in [0.15, 0.2) is 76.4 Å². The largest absolute Gasteiger partial charge is 0.267 e. The van der Waals surface area contributed by atoms with E-state index in [4.69, 9.17) is 0 Å². The Labute approximate surface area is 169 Å². The van der Waals surface area contributed by atoms with Crippen molar-refractivity contribution in [3.05, 3.63) is 88.2 Å². The molecular weight excluding hydrogens is 422 g/mol. The third kappa shape index (κ3) is 3.17. The number of halogens is 1. The highest BCUT2D eigenvalue weighted by Crippen LogP contribution is 2.48. The van der Waals surface area contributed by atoms with E-state index in [1.54, 1.807) is 24.5 Å². The second kappa shape index (κ2) is 6.95. The van der Waals surface area contributed by atoms with Crippen molar-refractivity contribution in [2.24, 2.45) is 0 Å². The minimum atomic E-state index is -3.58. The lowest BCUT2D eigenvalue weighted by molar-refractivity contribution is 0.532. The van der Waals surface area contributed by atoms with Gasteiger partial charge in [-0.1, -0.05) is 64.7 Å². The Bertz CT molecular complexity index is 1060. The highest BCUT2D eigenvalue weighted by atomic mass is 79.9. The van der Waals surface area contributed by atoms with Gasteiger partial charge in [0.1, 0.15) is 0 Å². The molecule has 5 heteroatoms. The van der Waals surface area contributed by atoms with Crippen LogP contribution in [-0.2, 0) is 15.4 Å². The first-order chi connectivity index (χ1) is 12.9. The van der Waals surface area contributed by atoms with Crippen molar-refractivity contribution in [2.75, 3.05) is 0 Å². The molecule has 0 bridgehead atoms. The van der Waals surface area contributed by atoms with E-state index < -0.39 is 10.0 Å². The molecule has 27 heavy (non-hydrogen) atoms. The van der Waals surface area contributed by atoms with Crippen LogP contribution < -0.4 is 0 Å². The molecule has 1 aliphatic rings. The summed E-state index contributed by atoms with van der Waals surface area (Å²) in [6.07, 6.45) is 7.85. The maximum Gasteiger partial charge on any atom is 0.267 e. The molecule has 140 valence electrons. The van der Waals surface area contributed by atoms with Crippen LogP contribution in [0.1, 0.15) is 42.4 Å². The Morgan fingerprint density at radius 2 is 1.63 bits per heavy atom. The molecule has 0 unspecified atom stereocenters. The van der Waals surface area contributed by atoms with E-state index in [-0.39, 0.29) is 5.41 Å². The smallest absolute Gasteiger partial charge is 0.249 e. The molecule has 1 fully saturated rings. The predicted octanol–water partition coefficient (Wildman–Crippen LogP) is 5.66. The number of benzene rings is 2. The standard InChI is InChI=1S/C22H22BrNO2S/c1-17-8-10-19(11-9-17)27(25,26)24-15-12-18(16-24)22(13-4-5-14-22)20-6-2-3-7-21(20)23/h2-3,6-12,15-16H,4-5,13-14H2,1H3. The van der Waals surface area contributed by atoms with Crippen molar-refractivity contribution < 1.29 is 8.42 Å². The van der Waals surface area contributed by atoms with Gasteiger partial charge in [-0.3, -0.25) is 0 Å². The summed E-state index contributed by atoms with van der Waals surface area (Å²) in [5, 5.41) is 0. The van der Waals surface area contributed by atoms with Gasteiger partial charge in [0.15, 0.2) is 0 Å². The van der Waals surface area contributed by atoms with Crippen molar-refractivity contribution in [1.29, 1.82) is 0 Å². The first-order valence-electron chi connectivity index (χ1n) is 9.19. The van der Waals surface area contributed by atoms with E-state index in [1.165, 1.54) is 9.54 Å². The molecule has 2 aromatic carbocycles. The Kier molecular flexibility index (Phi) is 4.77. The third-order valence-electron chi connectivity index (χ3n) is 5.66. The number of aromatic nitrogens is 1. The average Bonchev–Trinajstić information content (AvgIpc) is 3.33. The zero-order valence-electron chi connectivity index (χ0n) is 15.2. The third-order valence-corrected chi connectivity index (χ3v) is 8.00. The van der Waals surface area contributed by atoms with Crippen molar-refractivity contribution >= 4 is 26.0 Å². The summed E-state index contributed by atoms with van der Waals surface area (Å²) in [6.45, 7) is 1.95. The molecule has 1 aromatic heterocycles. The molecule has 0 N–H and O–H groups in total. The highest BCUT2D eigenvalue weighted by molar-refractivity contribution is 9.10. The molecular formula is C22H22BrNO2S. The highest BCUT2D eigenvalue weighted by Gasteiger charge is 2.39. The second-order valence-corrected chi connectivity index (χ2v) is 10.0. The minimum absolute atomic E-state index is 0.131. The maximum atomic E-state index is 13.0. The maximum absolute atomic E-state index is 13.0. The molecule has 0 atom stereocenters. The van der Waals surface area contributed by atoms with Crippen LogP contribution in [0.25, 0.3) is 0 Å². The lowest BCUT2D eigenvalue weighted by atomic mass is 9.74. The van der Waals surface area contributed by atoms with Crippen LogP contribution in [-0.4, -0.2) is 12.4 Å². The lowest BCUT2D eigenvalue weighted by Crippen LogP contribution is -2.24.